The molecule has 0 unspecified atom stereocenters. The van der Waals surface area contributed by atoms with E-state index in [1.165, 1.54) is 23.0 Å². The number of aromatic nitrogens is 2. The molecule has 2 heterocycles. The number of allylic oxidation sites excluding steroid dienone is 1. The van der Waals surface area contributed by atoms with Crippen molar-refractivity contribution in [3.63, 3.8) is 0 Å². The first-order chi connectivity index (χ1) is 15.7. The van der Waals surface area contributed by atoms with Crippen LogP contribution in [-0.4, -0.2) is 61.3 Å². The zero-order valence-corrected chi connectivity index (χ0v) is 18.6. The molecule has 166 valence electrons. The Hall–Kier alpha value is -3.16. The topological polar surface area (TPSA) is 68.7 Å². The van der Waals surface area contributed by atoms with Crippen LogP contribution in [0.4, 0.5) is 0 Å². The van der Waals surface area contributed by atoms with E-state index in [1.807, 2.05) is 18.2 Å². The van der Waals surface area contributed by atoms with Gasteiger partial charge in [0.1, 0.15) is 18.7 Å². The number of piperazine rings is 1. The van der Waals surface area contributed by atoms with E-state index in [2.05, 4.69) is 45.3 Å². The van der Waals surface area contributed by atoms with Gasteiger partial charge in [-0.2, -0.15) is 0 Å². The molecule has 5 rings (SSSR count). The lowest BCUT2D eigenvalue weighted by Gasteiger charge is -2.27. The van der Waals surface area contributed by atoms with Crippen LogP contribution in [0.15, 0.2) is 42.2 Å². The first-order valence-corrected chi connectivity index (χ1v) is 11.1. The van der Waals surface area contributed by atoms with Crippen molar-refractivity contribution in [1.82, 2.24) is 20.2 Å². The predicted octanol–water partition coefficient (Wildman–Crippen LogP) is 3.67. The van der Waals surface area contributed by atoms with Crippen LogP contribution < -0.4 is 19.5 Å². The number of fused-ring (bicyclic) bond motifs is 2. The lowest BCUT2D eigenvalue weighted by atomic mass is 10.1. The van der Waals surface area contributed by atoms with Crippen molar-refractivity contribution in [2.45, 2.75) is 13.3 Å². The minimum atomic E-state index is 0.499. The lowest BCUT2D eigenvalue weighted by Crippen LogP contribution is -2.44. The summed E-state index contributed by atoms with van der Waals surface area (Å²) in [6.45, 7) is 7.77. The van der Waals surface area contributed by atoms with Gasteiger partial charge in [0.2, 0.25) is 5.88 Å². The van der Waals surface area contributed by atoms with Crippen LogP contribution in [0.3, 0.4) is 0 Å². The fourth-order valence-electron chi connectivity index (χ4n) is 4.27. The van der Waals surface area contributed by atoms with E-state index in [0.29, 0.717) is 24.0 Å². The van der Waals surface area contributed by atoms with E-state index in [9.17, 15) is 0 Å². The van der Waals surface area contributed by atoms with Gasteiger partial charge in [0, 0.05) is 38.8 Å². The smallest absolute Gasteiger partial charge is 0.230 e. The summed E-state index contributed by atoms with van der Waals surface area (Å²) in [7, 11) is 1.64. The zero-order chi connectivity index (χ0) is 21.9. The van der Waals surface area contributed by atoms with E-state index >= 15 is 0 Å². The van der Waals surface area contributed by atoms with Crippen LogP contribution in [0.2, 0.25) is 0 Å². The van der Waals surface area contributed by atoms with Crippen LogP contribution >= 0.6 is 0 Å². The van der Waals surface area contributed by atoms with Crippen LogP contribution in [0.25, 0.3) is 17.0 Å². The molecule has 1 aromatic heterocycles. The van der Waals surface area contributed by atoms with E-state index < -0.39 is 0 Å². The Kier molecular flexibility index (Phi) is 5.92. The second-order valence-electron chi connectivity index (χ2n) is 8.27. The highest BCUT2D eigenvalue weighted by atomic mass is 16.5. The number of methoxy groups -OCH3 is 1. The van der Waals surface area contributed by atoms with Crippen molar-refractivity contribution in [3.05, 3.63) is 53.4 Å². The minimum absolute atomic E-state index is 0.499. The highest BCUT2D eigenvalue weighted by Crippen LogP contribution is 2.37. The first kappa shape index (κ1) is 20.7. The van der Waals surface area contributed by atoms with Gasteiger partial charge in [0.25, 0.3) is 0 Å². The standard InChI is InChI=1S/C25H28N4O3/c1-17-11-18-3-4-20(13-19(18)12-17)32-25-21-14-23(30-2)24(15-22(21)27-16-28-25)31-10-9-29-7-5-26-6-8-29/h3-4,12-16,26H,5-11H2,1-2H3. The largest absolute Gasteiger partial charge is 0.493 e. The van der Waals surface area contributed by atoms with Crippen molar-refractivity contribution in [2.75, 3.05) is 46.4 Å². The third kappa shape index (κ3) is 4.40. The summed E-state index contributed by atoms with van der Waals surface area (Å²) < 4.78 is 17.8. The molecule has 1 fully saturated rings. The molecule has 0 spiro atoms. The summed E-state index contributed by atoms with van der Waals surface area (Å²) in [5.41, 5.74) is 4.64. The Morgan fingerprint density at radius 2 is 1.94 bits per heavy atom. The van der Waals surface area contributed by atoms with Gasteiger partial charge in [-0.05, 0) is 42.7 Å². The highest BCUT2D eigenvalue weighted by molar-refractivity contribution is 5.87. The van der Waals surface area contributed by atoms with Gasteiger partial charge in [-0.1, -0.05) is 17.7 Å². The molecular weight excluding hydrogens is 404 g/mol. The monoisotopic (exact) mass is 432 g/mol. The second kappa shape index (κ2) is 9.14. The van der Waals surface area contributed by atoms with Gasteiger partial charge in [-0.15, -0.1) is 0 Å². The third-order valence-electron chi connectivity index (χ3n) is 5.96. The summed E-state index contributed by atoms with van der Waals surface area (Å²) in [6, 6.07) is 9.96. The highest BCUT2D eigenvalue weighted by Gasteiger charge is 2.16. The summed E-state index contributed by atoms with van der Waals surface area (Å²) in [4.78, 5) is 11.2. The molecule has 1 saturated heterocycles. The molecular formula is C25H28N4O3. The summed E-state index contributed by atoms with van der Waals surface area (Å²) in [5.74, 6) is 2.58. The van der Waals surface area contributed by atoms with Gasteiger partial charge in [0.15, 0.2) is 11.5 Å². The molecule has 2 aromatic carbocycles. The number of ether oxygens (including phenoxy) is 3. The summed E-state index contributed by atoms with van der Waals surface area (Å²) in [6.07, 6.45) is 4.72. The average Bonchev–Trinajstić information content (AvgIpc) is 3.19. The zero-order valence-electron chi connectivity index (χ0n) is 18.6. The van der Waals surface area contributed by atoms with Crippen molar-refractivity contribution in [1.29, 1.82) is 0 Å². The summed E-state index contributed by atoms with van der Waals surface area (Å²) in [5, 5.41) is 4.15. The van der Waals surface area contributed by atoms with Gasteiger partial charge in [-0.25, -0.2) is 9.97 Å². The van der Waals surface area contributed by atoms with Crippen molar-refractivity contribution in [2.24, 2.45) is 0 Å². The number of hydrogen-bond acceptors (Lipinski definition) is 7. The SMILES string of the molecule is COc1cc2c(Oc3ccc4c(c3)C=C(C)C4)ncnc2cc1OCCN1CCNCC1. The molecule has 7 heteroatoms. The van der Waals surface area contributed by atoms with Crippen LogP contribution in [0.1, 0.15) is 18.1 Å². The van der Waals surface area contributed by atoms with Crippen LogP contribution in [0, 0.1) is 0 Å². The number of nitrogens with zero attached hydrogens (tertiary/aromatic N) is 3. The summed E-state index contributed by atoms with van der Waals surface area (Å²) >= 11 is 0. The molecule has 32 heavy (non-hydrogen) atoms. The number of hydrogen-bond donors (Lipinski definition) is 1. The molecule has 0 amide bonds. The second-order valence-corrected chi connectivity index (χ2v) is 8.27. The first-order valence-electron chi connectivity index (χ1n) is 11.1. The fourth-order valence-corrected chi connectivity index (χ4v) is 4.27. The normalized spacial score (nSPS) is 16.0. The predicted molar refractivity (Wildman–Crippen MR) is 125 cm³/mol. The van der Waals surface area contributed by atoms with Gasteiger partial charge < -0.3 is 19.5 Å². The molecule has 3 aromatic rings. The Balaban J connectivity index is 1.36. The molecule has 0 saturated carbocycles. The number of benzene rings is 2. The van der Waals surface area contributed by atoms with E-state index in [-0.39, 0.29) is 0 Å². The van der Waals surface area contributed by atoms with Crippen LogP contribution in [0.5, 0.6) is 23.1 Å². The maximum atomic E-state index is 6.16. The Morgan fingerprint density at radius 3 is 2.78 bits per heavy atom. The molecule has 0 radical (unpaired) electrons. The molecule has 0 atom stereocenters. The van der Waals surface area contributed by atoms with Gasteiger partial charge in [0.05, 0.1) is 18.0 Å². The Bertz CT molecular complexity index is 1160. The van der Waals surface area contributed by atoms with E-state index in [1.54, 1.807) is 7.11 Å². The molecule has 0 bridgehead atoms. The van der Waals surface area contributed by atoms with Crippen LogP contribution in [-0.2, 0) is 6.42 Å². The number of rotatable bonds is 7. The lowest BCUT2D eigenvalue weighted by molar-refractivity contribution is 0.188. The maximum absolute atomic E-state index is 6.16. The van der Waals surface area contributed by atoms with E-state index in [0.717, 1.165) is 55.8 Å². The van der Waals surface area contributed by atoms with Crippen molar-refractivity contribution < 1.29 is 14.2 Å². The molecule has 2 aliphatic rings. The molecule has 1 aliphatic heterocycles. The molecule has 1 aliphatic carbocycles. The fraction of sp³-hybridized carbons (Fsp3) is 0.360. The average molecular weight is 433 g/mol. The number of nitrogens with one attached hydrogen (secondary N) is 1. The van der Waals surface area contributed by atoms with E-state index in [4.69, 9.17) is 14.2 Å². The molecule has 1 N–H and O–H groups in total. The Labute approximate surface area is 188 Å². The third-order valence-corrected chi connectivity index (χ3v) is 5.96. The van der Waals surface area contributed by atoms with Gasteiger partial charge >= 0.3 is 0 Å². The molecule has 7 nitrogen and oxygen atoms in total. The quantitative estimate of drug-likeness (QED) is 0.611. The minimum Gasteiger partial charge on any atom is -0.493 e. The van der Waals surface area contributed by atoms with Gasteiger partial charge in [-0.3, -0.25) is 4.90 Å². The maximum Gasteiger partial charge on any atom is 0.230 e. The Morgan fingerprint density at radius 1 is 1.06 bits per heavy atom. The van der Waals surface area contributed by atoms with Crippen molar-refractivity contribution >= 4 is 17.0 Å². The van der Waals surface area contributed by atoms with Crippen molar-refractivity contribution in [3.8, 4) is 23.1 Å².